The predicted molar refractivity (Wildman–Crippen MR) is 89.2 cm³/mol. The van der Waals surface area contributed by atoms with Crippen molar-refractivity contribution in [3.63, 3.8) is 0 Å². The number of thiophene rings is 1. The van der Waals surface area contributed by atoms with E-state index in [1.807, 2.05) is 41.8 Å². The minimum Gasteiger partial charge on any atom is -0.343 e. The van der Waals surface area contributed by atoms with Gasteiger partial charge in [0.2, 0.25) is 0 Å². The fourth-order valence-corrected chi connectivity index (χ4v) is 3.03. The topological polar surface area (TPSA) is 86.5 Å². The van der Waals surface area contributed by atoms with Crippen molar-refractivity contribution in [1.82, 2.24) is 25.5 Å². The van der Waals surface area contributed by atoms with E-state index in [0.717, 1.165) is 21.6 Å². The van der Waals surface area contributed by atoms with Crippen molar-refractivity contribution in [2.45, 2.75) is 6.54 Å². The van der Waals surface area contributed by atoms with Crippen LogP contribution in [0.5, 0.6) is 0 Å². The number of aromatic nitrogens is 4. The van der Waals surface area contributed by atoms with Gasteiger partial charge in [-0.1, -0.05) is 18.2 Å². The average molecular weight is 323 g/mol. The van der Waals surface area contributed by atoms with E-state index in [-0.39, 0.29) is 5.91 Å². The molecule has 0 aliphatic heterocycles. The highest BCUT2D eigenvalue weighted by atomic mass is 32.1. The summed E-state index contributed by atoms with van der Waals surface area (Å²) in [6, 6.07) is 13.4. The number of carbonyl (C=O) groups is 1. The van der Waals surface area contributed by atoms with Gasteiger partial charge in [-0.3, -0.25) is 9.89 Å². The van der Waals surface area contributed by atoms with Gasteiger partial charge in [0.25, 0.3) is 5.91 Å². The SMILES string of the molecule is O=C(NCc1nc2ccccc2[nH]1)c1cc(-c2cccs2)[nH]n1. The molecule has 0 bridgehead atoms. The zero-order chi connectivity index (χ0) is 15.6. The van der Waals surface area contributed by atoms with Crippen LogP contribution >= 0.6 is 11.3 Å². The van der Waals surface area contributed by atoms with Gasteiger partial charge in [-0.05, 0) is 29.6 Å². The summed E-state index contributed by atoms with van der Waals surface area (Å²) in [5.74, 6) is 0.484. The van der Waals surface area contributed by atoms with Crippen LogP contribution < -0.4 is 5.32 Å². The summed E-state index contributed by atoms with van der Waals surface area (Å²) in [5, 5.41) is 11.8. The number of carbonyl (C=O) groups excluding carboxylic acids is 1. The second kappa shape index (κ2) is 5.69. The largest absolute Gasteiger partial charge is 0.343 e. The van der Waals surface area contributed by atoms with Crippen molar-refractivity contribution in [2.75, 3.05) is 0 Å². The number of rotatable bonds is 4. The van der Waals surface area contributed by atoms with Crippen molar-refractivity contribution in [3.05, 3.63) is 59.4 Å². The van der Waals surface area contributed by atoms with E-state index in [2.05, 4.69) is 25.5 Å². The van der Waals surface area contributed by atoms with Gasteiger partial charge in [-0.15, -0.1) is 11.3 Å². The number of amides is 1. The lowest BCUT2D eigenvalue weighted by Gasteiger charge is -1.99. The van der Waals surface area contributed by atoms with Crippen LogP contribution in [-0.2, 0) is 6.54 Å². The van der Waals surface area contributed by atoms with E-state index >= 15 is 0 Å². The van der Waals surface area contributed by atoms with Gasteiger partial charge in [0.1, 0.15) is 5.82 Å². The first-order valence-corrected chi connectivity index (χ1v) is 7.99. The zero-order valence-electron chi connectivity index (χ0n) is 12.0. The Morgan fingerprint density at radius 3 is 2.96 bits per heavy atom. The second-order valence-electron chi connectivity index (χ2n) is 5.03. The lowest BCUT2D eigenvalue weighted by atomic mass is 10.3. The van der Waals surface area contributed by atoms with Crippen molar-refractivity contribution in [1.29, 1.82) is 0 Å². The molecule has 3 heterocycles. The summed E-state index contributed by atoms with van der Waals surface area (Å²) in [7, 11) is 0. The molecule has 6 nitrogen and oxygen atoms in total. The molecule has 0 aliphatic rings. The Morgan fingerprint density at radius 1 is 1.22 bits per heavy atom. The molecular weight excluding hydrogens is 310 g/mol. The molecule has 0 fully saturated rings. The van der Waals surface area contributed by atoms with Crippen LogP contribution in [-0.4, -0.2) is 26.1 Å². The number of H-pyrrole nitrogens is 2. The maximum absolute atomic E-state index is 12.2. The Labute approximate surface area is 135 Å². The van der Waals surface area contributed by atoms with Gasteiger partial charge in [-0.25, -0.2) is 4.98 Å². The van der Waals surface area contributed by atoms with Crippen LogP contribution in [0.25, 0.3) is 21.6 Å². The first-order chi connectivity index (χ1) is 11.3. The molecule has 114 valence electrons. The Kier molecular flexibility index (Phi) is 3.39. The Morgan fingerprint density at radius 2 is 2.13 bits per heavy atom. The van der Waals surface area contributed by atoms with Crippen molar-refractivity contribution in [2.24, 2.45) is 0 Å². The molecule has 0 saturated heterocycles. The molecule has 1 aromatic carbocycles. The maximum atomic E-state index is 12.2. The minimum absolute atomic E-state index is 0.232. The first kappa shape index (κ1) is 13.7. The van der Waals surface area contributed by atoms with E-state index in [9.17, 15) is 4.79 Å². The molecular formula is C16H13N5OS. The molecule has 0 aliphatic carbocycles. The number of imidazole rings is 1. The third-order valence-corrected chi connectivity index (χ3v) is 4.36. The number of fused-ring (bicyclic) bond motifs is 1. The van der Waals surface area contributed by atoms with Gasteiger partial charge in [0.15, 0.2) is 5.69 Å². The summed E-state index contributed by atoms with van der Waals surface area (Å²) in [6.07, 6.45) is 0. The van der Waals surface area contributed by atoms with E-state index in [4.69, 9.17) is 0 Å². The molecule has 1 amide bonds. The zero-order valence-corrected chi connectivity index (χ0v) is 12.9. The third-order valence-electron chi connectivity index (χ3n) is 3.45. The van der Waals surface area contributed by atoms with E-state index in [1.165, 1.54) is 0 Å². The Hall–Kier alpha value is -2.93. The number of aromatic amines is 2. The highest BCUT2D eigenvalue weighted by molar-refractivity contribution is 7.13. The molecule has 4 rings (SSSR count). The van der Waals surface area contributed by atoms with Crippen LogP contribution in [0.3, 0.4) is 0 Å². The standard InChI is InChI=1S/C16H13N5OS/c22-16(13-8-12(20-21-13)14-6-3-7-23-14)17-9-15-18-10-4-1-2-5-11(10)19-15/h1-8H,9H2,(H,17,22)(H,18,19)(H,20,21). The molecule has 0 radical (unpaired) electrons. The summed E-state index contributed by atoms with van der Waals surface area (Å²) >= 11 is 1.60. The molecule has 23 heavy (non-hydrogen) atoms. The number of nitrogens with one attached hydrogen (secondary N) is 3. The van der Waals surface area contributed by atoms with Gasteiger partial charge in [0.05, 0.1) is 28.1 Å². The highest BCUT2D eigenvalue weighted by Gasteiger charge is 2.12. The smallest absolute Gasteiger partial charge is 0.272 e. The quantitative estimate of drug-likeness (QED) is 0.539. The second-order valence-corrected chi connectivity index (χ2v) is 5.98. The summed E-state index contributed by atoms with van der Waals surface area (Å²) in [5.41, 5.74) is 3.05. The Bertz CT molecular complexity index is 921. The lowest BCUT2D eigenvalue weighted by Crippen LogP contribution is -2.23. The van der Waals surface area contributed by atoms with E-state index < -0.39 is 0 Å². The number of para-hydroxylation sites is 2. The van der Waals surface area contributed by atoms with E-state index in [1.54, 1.807) is 17.4 Å². The average Bonchev–Trinajstić information content (AvgIpc) is 3.31. The van der Waals surface area contributed by atoms with Crippen LogP contribution in [0.2, 0.25) is 0 Å². The molecule has 4 aromatic rings. The highest BCUT2D eigenvalue weighted by Crippen LogP contribution is 2.22. The van der Waals surface area contributed by atoms with Crippen LogP contribution in [0.1, 0.15) is 16.3 Å². The number of hydrogen-bond acceptors (Lipinski definition) is 4. The normalized spacial score (nSPS) is 11.0. The fraction of sp³-hybridized carbons (Fsp3) is 0.0625. The maximum Gasteiger partial charge on any atom is 0.272 e. The monoisotopic (exact) mass is 323 g/mol. The fourth-order valence-electron chi connectivity index (χ4n) is 2.34. The molecule has 7 heteroatoms. The number of benzene rings is 1. The van der Waals surface area contributed by atoms with Crippen LogP contribution in [0.15, 0.2) is 47.8 Å². The molecule has 3 N–H and O–H groups in total. The van der Waals surface area contributed by atoms with Crippen LogP contribution in [0, 0.1) is 0 Å². The molecule has 0 unspecified atom stereocenters. The van der Waals surface area contributed by atoms with Gasteiger partial charge < -0.3 is 10.3 Å². The number of hydrogen-bond donors (Lipinski definition) is 3. The van der Waals surface area contributed by atoms with Crippen molar-refractivity contribution < 1.29 is 4.79 Å². The molecule has 0 saturated carbocycles. The van der Waals surface area contributed by atoms with Gasteiger partial charge >= 0.3 is 0 Å². The minimum atomic E-state index is -0.232. The van der Waals surface area contributed by atoms with Crippen LogP contribution in [0.4, 0.5) is 0 Å². The van der Waals surface area contributed by atoms with Crippen molar-refractivity contribution in [3.8, 4) is 10.6 Å². The Balaban J connectivity index is 1.45. The summed E-state index contributed by atoms with van der Waals surface area (Å²) in [4.78, 5) is 20.8. The molecule has 3 aromatic heterocycles. The summed E-state index contributed by atoms with van der Waals surface area (Å²) in [6.45, 7) is 0.328. The lowest BCUT2D eigenvalue weighted by molar-refractivity contribution is 0.0945. The predicted octanol–water partition coefficient (Wildman–Crippen LogP) is 2.94. The number of nitrogens with zero attached hydrogens (tertiary/aromatic N) is 2. The first-order valence-electron chi connectivity index (χ1n) is 7.11. The third kappa shape index (κ3) is 2.74. The molecule has 0 atom stereocenters. The van der Waals surface area contributed by atoms with Gasteiger partial charge in [-0.2, -0.15) is 5.10 Å². The van der Waals surface area contributed by atoms with E-state index in [0.29, 0.717) is 18.1 Å². The molecule has 0 spiro atoms. The van der Waals surface area contributed by atoms with Crippen molar-refractivity contribution >= 4 is 28.3 Å². The van der Waals surface area contributed by atoms with Gasteiger partial charge in [0, 0.05) is 0 Å². The summed E-state index contributed by atoms with van der Waals surface area (Å²) < 4.78 is 0.